The topological polar surface area (TPSA) is 29.5 Å². The molecule has 5 heteroatoms. The molecule has 116 valence electrons. The summed E-state index contributed by atoms with van der Waals surface area (Å²) in [7, 11) is 1.62. The lowest BCUT2D eigenvalue weighted by molar-refractivity contribution is -0.113. The number of aryl methyl sites for hydroxylation is 1. The molecule has 0 unspecified atom stereocenters. The zero-order chi connectivity index (χ0) is 16.4. The molecular formula is C18H15NO2S2. The first-order valence-corrected chi connectivity index (χ1v) is 8.29. The maximum absolute atomic E-state index is 12.7. The number of carbonyl (C=O) groups excluding carboxylic acids is 1. The van der Waals surface area contributed by atoms with Gasteiger partial charge in [0.15, 0.2) is 4.32 Å². The Hall–Kier alpha value is -2.11. The van der Waals surface area contributed by atoms with E-state index in [4.69, 9.17) is 17.0 Å². The maximum atomic E-state index is 12.7. The summed E-state index contributed by atoms with van der Waals surface area (Å²) < 4.78 is 5.76. The summed E-state index contributed by atoms with van der Waals surface area (Å²) in [5, 5.41) is 0. The van der Waals surface area contributed by atoms with Gasteiger partial charge in [-0.05, 0) is 48.4 Å². The van der Waals surface area contributed by atoms with Gasteiger partial charge in [0.1, 0.15) is 5.75 Å². The zero-order valence-corrected chi connectivity index (χ0v) is 14.4. The van der Waals surface area contributed by atoms with Crippen LogP contribution in [0.3, 0.4) is 0 Å². The number of amides is 1. The monoisotopic (exact) mass is 341 g/mol. The van der Waals surface area contributed by atoms with E-state index in [0.717, 1.165) is 22.6 Å². The Labute approximate surface area is 144 Å². The van der Waals surface area contributed by atoms with Gasteiger partial charge in [0.05, 0.1) is 17.7 Å². The van der Waals surface area contributed by atoms with Gasteiger partial charge in [-0.25, -0.2) is 0 Å². The average Bonchev–Trinajstić information content (AvgIpc) is 2.81. The Bertz CT molecular complexity index is 814. The third-order valence-electron chi connectivity index (χ3n) is 3.45. The Morgan fingerprint density at radius 1 is 1.17 bits per heavy atom. The molecule has 1 heterocycles. The molecule has 1 fully saturated rings. The summed E-state index contributed by atoms with van der Waals surface area (Å²) >= 11 is 6.71. The van der Waals surface area contributed by atoms with E-state index in [2.05, 4.69) is 0 Å². The van der Waals surface area contributed by atoms with Gasteiger partial charge in [-0.1, -0.05) is 48.2 Å². The van der Waals surface area contributed by atoms with Crippen LogP contribution in [0.5, 0.6) is 5.75 Å². The van der Waals surface area contributed by atoms with Crippen LogP contribution in [-0.4, -0.2) is 17.3 Å². The SMILES string of the molecule is COc1cccc(C=C2SC(=S)N(c3cccc(C)c3)C2=O)c1. The molecule has 0 radical (unpaired) electrons. The van der Waals surface area contributed by atoms with Gasteiger partial charge in [-0.3, -0.25) is 9.69 Å². The number of carbonyl (C=O) groups is 1. The minimum absolute atomic E-state index is 0.0894. The first-order chi connectivity index (χ1) is 11.1. The van der Waals surface area contributed by atoms with Crippen LogP contribution in [0.1, 0.15) is 11.1 Å². The predicted octanol–water partition coefficient (Wildman–Crippen LogP) is 4.41. The fraction of sp³-hybridized carbons (Fsp3) is 0.111. The second-order valence-corrected chi connectivity index (χ2v) is 6.81. The van der Waals surface area contributed by atoms with Crippen LogP contribution < -0.4 is 9.64 Å². The number of methoxy groups -OCH3 is 1. The second kappa shape index (κ2) is 6.56. The van der Waals surface area contributed by atoms with Crippen molar-refractivity contribution in [2.45, 2.75) is 6.92 Å². The fourth-order valence-electron chi connectivity index (χ4n) is 2.34. The van der Waals surface area contributed by atoms with Crippen LogP contribution in [0.15, 0.2) is 53.4 Å². The summed E-state index contributed by atoms with van der Waals surface area (Å²) in [5.74, 6) is 0.668. The number of thioether (sulfide) groups is 1. The van der Waals surface area contributed by atoms with Gasteiger partial charge in [0.25, 0.3) is 5.91 Å². The molecule has 1 saturated heterocycles. The van der Waals surface area contributed by atoms with Gasteiger partial charge in [-0.2, -0.15) is 0 Å². The smallest absolute Gasteiger partial charge is 0.270 e. The highest BCUT2D eigenvalue weighted by Gasteiger charge is 2.33. The summed E-state index contributed by atoms with van der Waals surface area (Å²) in [6.45, 7) is 1.99. The third-order valence-corrected chi connectivity index (χ3v) is 4.75. The van der Waals surface area contributed by atoms with Crippen LogP contribution in [0.2, 0.25) is 0 Å². The lowest BCUT2D eigenvalue weighted by Crippen LogP contribution is -2.27. The molecule has 0 atom stereocenters. The Kier molecular flexibility index (Phi) is 4.50. The van der Waals surface area contributed by atoms with Gasteiger partial charge >= 0.3 is 0 Å². The van der Waals surface area contributed by atoms with Crippen molar-refractivity contribution in [2.24, 2.45) is 0 Å². The van der Waals surface area contributed by atoms with Crippen molar-refractivity contribution in [3.05, 3.63) is 64.6 Å². The average molecular weight is 341 g/mol. The van der Waals surface area contributed by atoms with Gasteiger partial charge < -0.3 is 4.74 Å². The van der Waals surface area contributed by atoms with E-state index < -0.39 is 0 Å². The minimum atomic E-state index is -0.0894. The molecule has 3 nitrogen and oxygen atoms in total. The van der Waals surface area contributed by atoms with E-state index in [1.54, 1.807) is 12.0 Å². The van der Waals surface area contributed by atoms with Crippen LogP contribution >= 0.6 is 24.0 Å². The second-order valence-electron chi connectivity index (χ2n) is 5.13. The molecule has 3 rings (SSSR count). The molecule has 0 bridgehead atoms. The number of rotatable bonds is 3. The summed E-state index contributed by atoms with van der Waals surface area (Å²) in [6, 6.07) is 15.4. The highest BCUT2D eigenvalue weighted by molar-refractivity contribution is 8.27. The highest BCUT2D eigenvalue weighted by atomic mass is 32.2. The van der Waals surface area contributed by atoms with Crippen LogP contribution in [0.25, 0.3) is 6.08 Å². The van der Waals surface area contributed by atoms with Crippen molar-refractivity contribution in [3.8, 4) is 5.75 Å². The van der Waals surface area contributed by atoms with Crippen LogP contribution in [0.4, 0.5) is 5.69 Å². The zero-order valence-electron chi connectivity index (χ0n) is 12.8. The van der Waals surface area contributed by atoms with Crippen molar-refractivity contribution in [3.63, 3.8) is 0 Å². The van der Waals surface area contributed by atoms with E-state index in [1.165, 1.54) is 11.8 Å². The third kappa shape index (κ3) is 3.30. The summed E-state index contributed by atoms with van der Waals surface area (Å²) in [4.78, 5) is 14.9. The number of hydrogen-bond donors (Lipinski definition) is 0. The fourth-order valence-corrected chi connectivity index (χ4v) is 3.64. The summed E-state index contributed by atoms with van der Waals surface area (Å²) in [6.07, 6.45) is 1.84. The van der Waals surface area contributed by atoms with Crippen LogP contribution in [-0.2, 0) is 4.79 Å². The van der Waals surface area contributed by atoms with E-state index in [0.29, 0.717) is 9.23 Å². The maximum Gasteiger partial charge on any atom is 0.270 e. The first kappa shape index (κ1) is 15.8. The molecule has 1 aliphatic rings. The molecule has 1 aliphatic heterocycles. The highest BCUT2D eigenvalue weighted by Crippen LogP contribution is 2.36. The molecule has 0 aromatic heterocycles. The van der Waals surface area contributed by atoms with Crippen molar-refractivity contribution in [1.82, 2.24) is 0 Å². The standard InChI is InChI=1S/C18H15NO2S2/c1-12-5-3-7-14(9-12)19-17(20)16(23-18(19)22)11-13-6-4-8-15(10-13)21-2/h3-11H,1-2H3. The molecule has 2 aromatic rings. The molecule has 1 amide bonds. The largest absolute Gasteiger partial charge is 0.497 e. The molecule has 0 N–H and O–H groups in total. The Morgan fingerprint density at radius 2 is 1.96 bits per heavy atom. The molecule has 2 aromatic carbocycles. The van der Waals surface area contributed by atoms with Crippen molar-refractivity contribution in [2.75, 3.05) is 12.0 Å². The van der Waals surface area contributed by atoms with Crippen molar-refractivity contribution >= 4 is 46.0 Å². The first-order valence-electron chi connectivity index (χ1n) is 7.07. The van der Waals surface area contributed by atoms with Crippen LogP contribution in [0, 0.1) is 6.92 Å². The number of hydrogen-bond acceptors (Lipinski definition) is 4. The predicted molar refractivity (Wildman–Crippen MR) is 99.8 cm³/mol. The minimum Gasteiger partial charge on any atom is -0.497 e. The number of thiocarbonyl (C=S) groups is 1. The number of nitrogens with zero attached hydrogens (tertiary/aromatic N) is 1. The molecule has 0 aliphatic carbocycles. The lowest BCUT2D eigenvalue weighted by Gasteiger charge is -2.14. The van der Waals surface area contributed by atoms with E-state index in [1.807, 2.05) is 61.5 Å². The number of ether oxygens (including phenoxy) is 1. The summed E-state index contributed by atoms with van der Waals surface area (Å²) in [5.41, 5.74) is 2.81. The Morgan fingerprint density at radius 3 is 2.70 bits per heavy atom. The van der Waals surface area contributed by atoms with Crippen molar-refractivity contribution in [1.29, 1.82) is 0 Å². The van der Waals surface area contributed by atoms with Gasteiger partial charge in [0, 0.05) is 0 Å². The normalized spacial score (nSPS) is 16.3. The van der Waals surface area contributed by atoms with E-state index >= 15 is 0 Å². The van der Waals surface area contributed by atoms with E-state index in [9.17, 15) is 4.79 Å². The Balaban J connectivity index is 1.93. The number of benzene rings is 2. The lowest BCUT2D eigenvalue weighted by atomic mass is 10.2. The quantitative estimate of drug-likeness (QED) is 0.611. The van der Waals surface area contributed by atoms with Gasteiger partial charge in [0.2, 0.25) is 0 Å². The molecule has 23 heavy (non-hydrogen) atoms. The number of anilines is 1. The van der Waals surface area contributed by atoms with Gasteiger partial charge in [-0.15, -0.1) is 0 Å². The molecule has 0 spiro atoms. The molecule has 0 saturated carbocycles. The van der Waals surface area contributed by atoms with Crippen molar-refractivity contribution < 1.29 is 9.53 Å². The molecular weight excluding hydrogens is 326 g/mol. The van der Waals surface area contributed by atoms with E-state index in [-0.39, 0.29) is 5.91 Å².